The third-order valence-corrected chi connectivity index (χ3v) is 10.6. The Hall–Kier alpha value is -1.95. The molecule has 1 aromatic carbocycles. The Labute approximate surface area is 258 Å². The molecule has 9 nitrogen and oxygen atoms in total. The second-order valence-corrected chi connectivity index (χ2v) is 15.4. The summed E-state index contributed by atoms with van der Waals surface area (Å²) in [5, 5.41) is 6.13. The molecule has 0 radical (unpaired) electrons. The first-order valence-electron chi connectivity index (χ1n) is 15.4. The molecule has 1 aliphatic carbocycles. The summed E-state index contributed by atoms with van der Waals surface area (Å²) >= 11 is 0.354. The third kappa shape index (κ3) is 10.3. The Morgan fingerprint density at radius 2 is 1.76 bits per heavy atom. The molecule has 1 unspecified atom stereocenters. The average Bonchev–Trinajstić information content (AvgIpc) is 3.36. The normalized spacial score (nSPS) is 23.4. The van der Waals surface area contributed by atoms with Crippen LogP contribution in [-0.4, -0.2) is 92.2 Å². The van der Waals surface area contributed by atoms with Gasteiger partial charge in [0.25, 0.3) is 0 Å². The summed E-state index contributed by atoms with van der Waals surface area (Å²) in [7, 11) is 0. The second-order valence-electron chi connectivity index (χ2n) is 12.8. The number of hydrogen-bond donors (Lipinski definition) is 2. The number of amides is 3. The van der Waals surface area contributed by atoms with Crippen LogP contribution in [0.15, 0.2) is 30.3 Å². The van der Waals surface area contributed by atoms with E-state index in [4.69, 9.17) is 4.74 Å². The number of hydrogen-bond acceptors (Lipinski definition) is 7. The SMILES string of the molecule is CC(C)(C)OC(=O)N1C[S+]([O-])C[C@H]1C(=O)N[C@@H](CSCC1CCCCC1)C(=O)NC1CCN(Cc2ccccc2)CC1. The first-order valence-corrected chi connectivity index (χ1v) is 18.0. The van der Waals surface area contributed by atoms with Gasteiger partial charge in [0.15, 0.2) is 11.9 Å². The van der Waals surface area contributed by atoms with Gasteiger partial charge < -0.3 is 19.9 Å². The quantitative estimate of drug-likeness (QED) is 0.382. The Morgan fingerprint density at radius 3 is 2.43 bits per heavy atom. The predicted molar refractivity (Wildman–Crippen MR) is 168 cm³/mol. The molecule has 1 aromatic rings. The van der Waals surface area contributed by atoms with Crippen molar-refractivity contribution in [1.82, 2.24) is 20.4 Å². The zero-order valence-corrected chi connectivity index (χ0v) is 27.0. The standard InChI is InChI=1S/C31H48N4O5S2/c1-31(2,3)40-30(38)35-22-42(39)21-27(35)29(37)33-26(20-41-19-24-12-8-5-9-13-24)28(36)32-25-14-16-34(17-15-25)18-23-10-6-4-7-11-23/h4,6-7,10-11,24-27H,5,8-9,12-22H2,1-3H3,(H,32,36)(H,33,37)/t26-,27-,42?/m0/s1. The van der Waals surface area contributed by atoms with Gasteiger partial charge in [0.05, 0.1) is 0 Å². The van der Waals surface area contributed by atoms with Crippen molar-refractivity contribution in [2.45, 2.75) is 96.0 Å². The highest BCUT2D eigenvalue weighted by molar-refractivity contribution is 7.99. The second kappa shape index (κ2) is 15.7. The fourth-order valence-corrected chi connectivity index (χ4v) is 8.48. The van der Waals surface area contributed by atoms with Crippen LogP contribution in [0.1, 0.15) is 71.3 Å². The number of piperidine rings is 1. The molecular weight excluding hydrogens is 572 g/mol. The molecule has 3 atom stereocenters. The van der Waals surface area contributed by atoms with Crippen LogP contribution in [0.25, 0.3) is 0 Å². The summed E-state index contributed by atoms with van der Waals surface area (Å²) in [4.78, 5) is 43.5. The maximum Gasteiger partial charge on any atom is 0.414 e. The Kier molecular flexibility index (Phi) is 12.3. The van der Waals surface area contributed by atoms with Crippen molar-refractivity contribution >= 4 is 40.8 Å². The number of nitrogens with zero attached hydrogens (tertiary/aromatic N) is 2. The summed E-state index contributed by atoms with van der Waals surface area (Å²) in [5.41, 5.74) is 0.544. The zero-order chi connectivity index (χ0) is 30.1. The van der Waals surface area contributed by atoms with E-state index >= 15 is 0 Å². The van der Waals surface area contributed by atoms with E-state index in [0.717, 1.165) is 38.2 Å². The highest BCUT2D eigenvalue weighted by atomic mass is 32.2. The molecule has 2 heterocycles. The smallest absolute Gasteiger partial charge is 0.414 e. The third-order valence-electron chi connectivity index (χ3n) is 8.11. The van der Waals surface area contributed by atoms with Gasteiger partial charge in [-0.25, -0.2) is 9.69 Å². The van der Waals surface area contributed by atoms with E-state index < -0.39 is 40.9 Å². The number of benzene rings is 1. The van der Waals surface area contributed by atoms with Gasteiger partial charge in [-0.05, 0) is 74.9 Å². The van der Waals surface area contributed by atoms with E-state index in [1.165, 1.54) is 42.6 Å². The Bertz CT molecular complexity index is 1030. The number of likely N-dealkylation sites (tertiary alicyclic amines) is 1. The van der Waals surface area contributed by atoms with Crippen LogP contribution in [0, 0.1) is 5.92 Å². The van der Waals surface area contributed by atoms with Gasteiger partial charge >= 0.3 is 6.09 Å². The number of nitrogens with one attached hydrogen (secondary N) is 2. The molecule has 2 saturated heterocycles. The molecule has 42 heavy (non-hydrogen) atoms. The van der Waals surface area contributed by atoms with Gasteiger partial charge in [-0.1, -0.05) is 49.6 Å². The lowest BCUT2D eigenvalue weighted by molar-refractivity contribution is -0.131. The minimum atomic E-state index is -1.36. The van der Waals surface area contributed by atoms with Gasteiger partial charge in [-0.3, -0.25) is 14.5 Å². The molecule has 0 aromatic heterocycles. The summed E-state index contributed by atoms with van der Waals surface area (Å²) in [5.74, 6) is 1.41. The molecule has 0 spiro atoms. The van der Waals surface area contributed by atoms with Gasteiger partial charge in [0, 0.05) is 31.4 Å². The largest absolute Gasteiger partial charge is 0.615 e. The van der Waals surface area contributed by atoms with Crippen LogP contribution >= 0.6 is 11.8 Å². The zero-order valence-electron chi connectivity index (χ0n) is 25.3. The number of carbonyl (C=O) groups excluding carboxylic acids is 3. The minimum Gasteiger partial charge on any atom is -0.615 e. The lowest BCUT2D eigenvalue weighted by Gasteiger charge is -2.33. The fourth-order valence-electron chi connectivity index (χ4n) is 5.82. The van der Waals surface area contributed by atoms with Crippen LogP contribution in [0.5, 0.6) is 0 Å². The van der Waals surface area contributed by atoms with Crippen molar-refractivity contribution in [3.8, 4) is 0 Å². The number of ether oxygens (including phenoxy) is 1. The molecule has 3 amide bonds. The van der Waals surface area contributed by atoms with Crippen LogP contribution in [0.2, 0.25) is 0 Å². The molecule has 2 N–H and O–H groups in total. The molecule has 11 heteroatoms. The fraction of sp³-hybridized carbons (Fsp3) is 0.710. The van der Waals surface area contributed by atoms with Gasteiger partial charge in [-0.2, -0.15) is 11.8 Å². The van der Waals surface area contributed by atoms with Crippen LogP contribution in [-0.2, 0) is 32.0 Å². The van der Waals surface area contributed by atoms with Crippen LogP contribution in [0.4, 0.5) is 4.79 Å². The first kappa shape index (κ1) is 33.0. The number of rotatable bonds is 10. The Balaban J connectivity index is 1.34. The molecule has 1 saturated carbocycles. The summed E-state index contributed by atoms with van der Waals surface area (Å²) in [6.07, 6.45) is 7.28. The van der Waals surface area contributed by atoms with Crippen molar-refractivity contribution in [2.75, 3.05) is 36.2 Å². The summed E-state index contributed by atoms with van der Waals surface area (Å²) < 4.78 is 17.9. The molecule has 0 bridgehead atoms. The van der Waals surface area contributed by atoms with Crippen LogP contribution in [0.3, 0.4) is 0 Å². The molecule has 4 rings (SSSR count). The first-order chi connectivity index (χ1) is 20.1. The lowest BCUT2D eigenvalue weighted by Crippen LogP contribution is -2.57. The van der Waals surface area contributed by atoms with Crippen molar-refractivity contribution in [3.63, 3.8) is 0 Å². The van der Waals surface area contributed by atoms with Gasteiger partial charge in [-0.15, -0.1) is 0 Å². The lowest BCUT2D eigenvalue weighted by atomic mass is 9.91. The maximum atomic E-state index is 13.6. The van der Waals surface area contributed by atoms with Crippen molar-refractivity contribution in [3.05, 3.63) is 35.9 Å². The maximum absolute atomic E-state index is 13.6. The summed E-state index contributed by atoms with van der Waals surface area (Å²) in [6.45, 7) is 7.95. The highest BCUT2D eigenvalue weighted by Gasteiger charge is 2.45. The minimum absolute atomic E-state index is 0.0362. The molecule has 3 fully saturated rings. The van der Waals surface area contributed by atoms with Gasteiger partial charge in [0.2, 0.25) is 11.8 Å². The molecule has 2 aliphatic heterocycles. The van der Waals surface area contributed by atoms with E-state index in [2.05, 4.69) is 39.8 Å². The summed E-state index contributed by atoms with van der Waals surface area (Å²) in [6, 6.07) is 8.78. The van der Waals surface area contributed by atoms with Crippen molar-refractivity contribution < 1.29 is 23.7 Å². The number of carbonyl (C=O) groups is 3. The van der Waals surface area contributed by atoms with E-state index in [0.29, 0.717) is 11.7 Å². The highest BCUT2D eigenvalue weighted by Crippen LogP contribution is 2.27. The average molecular weight is 621 g/mol. The Morgan fingerprint density at radius 1 is 1.07 bits per heavy atom. The monoisotopic (exact) mass is 620 g/mol. The van der Waals surface area contributed by atoms with Crippen molar-refractivity contribution in [2.24, 2.45) is 5.92 Å². The van der Waals surface area contributed by atoms with E-state index in [1.807, 2.05) is 6.07 Å². The van der Waals surface area contributed by atoms with Crippen molar-refractivity contribution in [1.29, 1.82) is 0 Å². The molecule has 3 aliphatic rings. The molecule has 234 valence electrons. The number of thioether (sulfide) groups is 1. The van der Waals surface area contributed by atoms with E-state index in [1.54, 1.807) is 32.5 Å². The van der Waals surface area contributed by atoms with Gasteiger partial charge in [0.1, 0.15) is 17.4 Å². The van der Waals surface area contributed by atoms with E-state index in [-0.39, 0.29) is 23.6 Å². The predicted octanol–water partition coefficient (Wildman–Crippen LogP) is 3.89. The molecular formula is C31H48N4O5S2. The van der Waals surface area contributed by atoms with Crippen LogP contribution < -0.4 is 10.6 Å². The topological polar surface area (TPSA) is 114 Å². The van der Waals surface area contributed by atoms with E-state index in [9.17, 15) is 18.9 Å².